The fourth-order valence-electron chi connectivity index (χ4n) is 5.14. The van der Waals surface area contributed by atoms with Gasteiger partial charge < -0.3 is 9.47 Å². The molecule has 3 fully saturated rings. The fraction of sp³-hybridized carbons (Fsp3) is 0.810. The number of piperidine rings is 1. The number of hydrogen-bond acceptors (Lipinski definition) is 5. The van der Waals surface area contributed by atoms with E-state index in [1.807, 2.05) is 4.90 Å². The molecule has 1 saturated carbocycles. The molecular formula is C21H35N5O3S. The Kier molecular flexibility index (Phi) is 6.50. The van der Waals surface area contributed by atoms with E-state index < -0.39 is 10.0 Å². The summed E-state index contributed by atoms with van der Waals surface area (Å²) in [6.45, 7) is 6.12. The van der Waals surface area contributed by atoms with Crippen LogP contribution in [0.15, 0.2) is 11.2 Å². The lowest BCUT2D eigenvalue weighted by Gasteiger charge is -2.42. The Morgan fingerprint density at radius 1 is 0.967 bits per heavy atom. The van der Waals surface area contributed by atoms with Crippen LogP contribution < -0.4 is 0 Å². The second-order valence-corrected chi connectivity index (χ2v) is 11.0. The first-order valence-electron chi connectivity index (χ1n) is 11.4. The lowest BCUT2D eigenvalue weighted by atomic mass is 9.93. The topological polar surface area (TPSA) is 78.8 Å². The minimum absolute atomic E-state index is 0.0665. The van der Waals surface area contributed by atoms with Crippen molar-refractivity contribution in [2.45, 2.75) is 62.9 Å². The van der Waals surface area contributed by atoms with Gasteiger partial charge in [0.25, 0.3) is 10.0 Å². The van der Waals surface area contributed by atoms with E-state index in [2.05, 4.69) is 9.88 Å². The van der Waals surface area contributed by atoms with Crippen molar-refractivity contribution in [1.29, 1.82) is 0 Å². The molecule has 9 heteroatoms. The molecule has 30 heavy (non-hydrogen) atoms. The molecule has 2 saturated heterocycles. The second kappa shape index (κ2) is 8.96. The van der Waals surface area contributed by atoms with E-state index in [1.54, 1.807) is 24.7 Å². The molecule has 3 aliphatic rings. The van der Waals surface area contributed by atoms with Crippen molar-refractivity contribution < 1.29 is 13.2 Å². The van der Waals surface area contributed by atoms with E-state index in [9.17, 15) is 13.2 Å². The number of sulfonamides is 1. The van der Waals surface area contributed by atoms with Gasteiger partial charge in [0.05, 0.1) is 0 Å². The summed E-state index contributed by atoms with van der Waals surface area (Å²) in [5.74, 6) is 0.818. The van der Waals surface area contributed by atoms with E-state index in [1.165, 1.54) is 36.4 Å². The van der Waals surface area contributed by atoms with Crippen LogP contribution in [0.3, 0.4) is 0 Å². The zero-order valence-corrected chi connectivity index (χ0v) is 19.1. The average molecular weight is 438 g/mol. The van der Waals surface area contributed by atoms with Gasteiger partial charge in [0, 0.05) is 64.5 Å². The smallest absolute Gasteiger partial charge is 0.262 e. The molecule has 8 nitrogen and oxygen atoms in total. The van der Waals surface area contributed by atoms with Gasteiger partial charge in [-0.2, -0.15) is 4.31 Å². The van der Waals surface area contributed by atoms with E-state index in [4.69, 9.17) is 0 Å². The average Bonchev–Trinajstić information content (AvgIpc) is 3.13. The molecule has 1 aliphatic carbocycles. The highest BCUT2D eigenvalue weighted by Crippen LogP contribution is 2.27. The normalized spacial score (nSPS) is 23.7. The summed E-state index contributed by atoms with van der Waals surface area (Å²) in [5.41, 5.74) is 0. The van der Waals surface area contributed by atoms with Gasteiger partial charge in [0.1, 0.15) is 5.82 Å². The van der Waals surface area contributed by atoms with Crippen molar-refractivity contribution >= 4 is 15.9 Å². The zero-order chi connectivity index (χ0) is 21.3. The summed E-state index contributed by atoms with van der Waals surface area (Å²) in [5, 5.41) is 0.103. The van der Waals surface area contributed by atoms with Crippen molar-refractivity contribution in [2.75, 3.05) is 39.3 Å². The van der Waals surface area contributed by atoms with Crippen molar-refractivity contribution in [2.24, 2.45) is 13.0 Å². The Morgan fingerprint density at radius 2 is 1.60 bits per heavy atom. The molecule has 0 atom stereocenters. The van der Waals surface area contributed by atoms with E-state index in [-0.39, 0.29) is 16.9 Å². The highest BCUT2D eigenvalue weighted by Gasteiger charge is 2.36. The van der Waals surface area contributed by atoms with Crippen LogP contribution in [-0.2, 0) is 21.9 Å². The Labute approximate surface area is 180 Å². The third-order valence-electron chi connectivity index (χ3n) is 7.21. The van der Waals surface area contributed by atoms with Crippen LogP contribution in [0.4, 0.5) is 0 Å². The van der Waals surface area contributed by atoms with Gasteiger partial charge in [-0.3, -0.25) is 9.69 Å². The quantitative estimate of drug-likeness (QED) is 0.715. The molecule has 1 amide bonds. The number of carbonyl (C=O) groups excluding carboxylic acids is 1. The minimum atomic E-state index is -3.59. The number of hydrogen-bond donors (Lipinski definition) is 0. The van der Waals surface area contributed by atoms with Crippen LogP contribution in [0.25, 0.3) is 0 Å². The van der Waals surface area contributed by atoms with Crippen molar-refractivity contribution in [3.05, 3.63) is 12.0 Å². The van der Waals surface area contributed by atoms with Crippen LogP contribution in [-0.4, -0.2) is 83.3 Å². The van der Waals surface area contributed by atoms with E-state index in [0.29, 0.717) is 37.8 Å². The number of aryl methyl sites for hydroxylation is 2. The SMILES string of the molecule is Cc1nc(S(=O)(=O)N2CCC(C(=O)N3CCN(C4CCCCC4)CC3)CC2)cn1C. The standard InChI is InChI=1S/C21H35N5O3S/c1-17-22-20(16-23(17)2)30(28,29)26-10-8-18(9-11-26)21(27)25-14-12-24(13-15-25)19-6-4-3-5-7-19/h16,18-19H,3-15H2,1-2H3. The fourth-order valence-corrected chi connectivity index (χ4v) is 6.63. The molecule has 1 aromatic heterocycles. The Hall–Kier alpha value is -1.45. The zero-order valence-electron chi connectivity index (χ0n) is 18.3. The van der Waals surface area contributed by atoms with Crippen LogP contribution in [0.5, 0.6) is 0 Å². The summed E-state index contributed by atoms with van der Waals surface area (Å²) >= 11 is 0. The lowest BCUT2D eigenvalue weighted by Crippen LogP contribution is -2.54. The van der Waals surface area contributed by atoms with Crippen molar-refractivity contribution in [1.82, 2.24) is 23.7 Å². The molecule has 1 aromatic rings. The minimum Gasteiger partial charge on any atom is -0.340 e. The molecule has 0 spiro atoms. The number of imidazole rings is 1. The first kappa shape index (κ1) is 21.8. The lowest BCUT2D eigenvalue weighted by molar-refractivity contribution is -0.139. The molecule has 3 heterocycles. The van der Waals surface area contributed by atoms with Crippen LogP contribution >= 0.6 is 0 Å². The van der Waals surface area contributed by atoms with Crippen LogP contribution in [0.1, 0.15) is 50.8 Å². The third-order valence-corrected chi connectivity index (χ3v) is 8.98. The van der Waals surface area contributed by atoms with Crippen molar-refractivity contribution in [3.63, 3.8) is 0 Å². The number of nitrogens with zero attached hydrogens (tertiary/aromatic N) is 5. The van der Waals surface area contributed by atoms with Crippen LogP contribution in [0.2, 0.25) is 0 Å². The van der Waals surface area contributed by atoms with E-state index >= 15 is 0 Å². The first-order valence-corrected chi connectivity index (χ1v) is 12.8. The Balaban J connectivity index is 1.28. The summed E-state index contributed by atoms with van der Waals surface area (Å²) in [6.07, 6.45) is 9.39. The number of amides is 1. The molecule has 0 unspecified atom stereocenters. The molecule has 2 aliphatic heterocycles. The maximum atomic E-state index is 13.0. The van der Waals surface area contributed by atoms with Crippen molar-refractivity contribution in [3.8, 4) is 0 Å². The molecule has 0 N–H and O–H groups in total. The number of carbonyl (C=O) groups is 1. The predicted octanol–water partition coefficient (Wildman–Crippen LogP) is 1.61. The molecule has 0 bridgehead atoms. The van der Waals surface area contributed by atoms with Gasteiger partial charge in [-0.1, -0.05) is 19.3 Å². The van der Waals surface area contributed by atoms with Gasteiger partial charge in [0.2, 0.25) is 5.91 Å². The summed E-state index contributed by atoms with van der Waals surface area (Å²) in [7, 11) is -1.80. The third kappa shape index (κ3) is 4.43. The first-order chi connectivity index (χ1) is 14.4. The number of piperazine rings is 1. The molecular weight excluding hydrogens is 402 g/mol. The van der Waals surface area contributed by atoms with E-state index in [0.717, 1.165) is 26.2 Å². The molecule has 0 radical (unpaired) electrons. The van der Waals surface area contributed by atoms with Gasteiger partial charge in [-0.05, 0) is 32.6 Å². The van der Waals surface area contributed by atoms with Crippen LogP contribution in [0, 0.1) is 12.8 Å². The number of aromatic nitrogens is 2. The summed E-state index contributed by atoms with van der Waals surface area (Å²) in [6, 6.07) is 0.708. The van der Waals surface area contributed by atoms with Gasteiger partial charge in [-0.25, -0.2) is 13.4 Å². The molecule has 168 valence electrons. The predicted molar refractivity (Wildman–Crippen MR) is 114 cm³/mol. The van der Waals surface area contributed by atoms with Gasteiger partial charge in [0.15, 0.2) is 5.03 Å². The highest BCUT2D eigenvalue weighted by molar-refractivity contribution is 7.89. The number of rotatable bonds is 4. The summed E-state index contributed by atoms with van der Waals surface area (Å²) in [4.78, 5) is 21.8. The largest absolute Gasteiger partial charge is 0.340 e. The molecule has 0 aromatic carbocycles. The maximum Gasteiger partial charge on any atom is 0.262 e. The second-order valence-electron chi connectivity index (χ2n) is 9.07. The monoisotopic (exact) mass is 437 g/mol. The Morgan fingerprint density at radius 3 is 2.17 bits per heavy atom. The highest BCUT2D eigenvalue weighted by atomic mass is 32.2. The maximum absolute atomic E-state index is 13.0. The van der Waals surface area contributed by atoms with Gasteiger partial charge >= 0.3 is 0 Å². The summed E-state index contributed by atoms with van der Waals surface area (Å²) < 4.78 is 28.9. The Bertz CT molecular complexity index is 826. The molecule has 4 rings (SSSR count). The van der Waals surface area contributed by atoms with Gasteiger partial charge in [-0.15, -0.1) is 0 Å².